The quantitative estimate of drug-likeness (QED) is 0.543. The highest BCUT2D eigenvalue weighted by molar-refractivity contribution is 5.98. The van der Waals surface area contributed by atoms with Crippen molar-refractivity contribution in [3.05, 3.63) is 64.7 Å². The zero-order valence-corrected chi connectivity index (χ0v) is 16.5. The normalized spacial score (nSPS) is 10.2. The summed E-state index contributed by atoms with van der Waals surface area (Å²) in [4.78, 5) is 35.8. The van der Waals surface area contributed by atoms with E-state index in [-0.39, 0.29) is 25.2 Å². The summed E-state index contributed by atoms with van der Waals surface area (Å²) in [6, 6.07) is 12.9. The average molecular weight is 382 g/mol. The molecule has 6 heteroatoms. The van der Waals surface area contributed by atoms with Crippen LogP contribution in [0.25, 0.3) is 0 Å². The maximum absolute atomic E-state index is 12.2. The molecule has 0 bridgehead atoms. The van der Waals surface area contributed by atoms with Crippen LogP contribution >= 0.6 is 0 Å². The third kappa shape index (κ3) is 6.54. The third-order valence-corrected chi connectivity index (χ3v) is 4.45. The van der Waals surface area contributed by atoms with E-state index in [0.29, 0.717) is 11.3 Å². The minimum absolute atomic E-state index is 0.00856. The summed E-state index contributed by atoms with van der Waals surface area (Å²) in [5.74, 6) is -0.438. The van der Waals surface area contributed by atoms with Gasteiger partial charge in [-0.2, -0.15) is 0 Å². The van der Waals surface area contributed by atoms with Crippen LogP contribution in [0.3, 0.4) is 0 Å². The van der Waals surface area contributed by atoms with E-state index in [1.54, 1.807) is 18.2 Å². The van der Waals surface area contributed by atoms with Gasteiger partial charge < -0.3 is 4.74 Å². The zero-order chi connectivity index (χ0) is 20.5. The summed E-state index contributed by atoms with van der Waals surface area (Å²) in [7, 11) is 0. The molecule has 0 aliphatic heterocycles. The minimum atomic E-state index is -0.478. The van der Waals surface area contributed by atoms with Crippen LogP contribution in [0, 0.1) is 13.8 Å². The number of hydrogen-bond donors (Lipinski definition) is 2. The summed E-state index contributed by atoms with van der Waals surface area (Å²) < 4.78 is 5.36. The van der Waals surface area contributed by atoms with Gasteiger partial charge >= 0.3 is 0 Å². The van der Waals surface area contributed by atoms with Crippen molar-refractivity contribution in [3.8, 4) is 5.75 Å². The van der Waals surface area contributed by atoms with Crippen molar-refractivity contribution in [2.24, 2.45) is 0 Å². The van der Waals surface area contributed by atoms with Gasteiger partial charge in [0.15, 0.2) is 12.4 Å². The van der Waals surface area contributed by atoms with Gasteiger partial charge in [0.2, 0.25) is 5.91 Å². The molecule has 148 valence electrons. The summed E-state index contributed by atoms with van der Waals surface area (Å²) in [5, 5.41) is 0. The van der Waals surface area contributed by atoms with Crippen LogP contribution in [-0.4, -0.2) is 24.2 Å². The lowest BCUT2D eigenvalue weighted by molar-refractivity contribution is -0.130. The standard InChI is InChI=1S/C22H26N2O4/c1-4-17-6-9-19(10-7-17)28-14-22(27)24-23-21(26)12-11-20(25)18-8-5-15(2)16(3)13-18/h5-10,13H,4,11-12,14H2,1-3H3,(H,23,26)(H,24,27). The number of ether oxygens (including phenoxy) is 1. The van der Waals surface area contributed by atoms with Crippen molar-refractivity contribution in [2.45, 2.75) is 40.0 Å². The number of rotatable bonds is 8. The molecule has 2 aromatic carbocycles. The second-order valence-corrected chi connectivity index (χ2v) is 6.60. The van der Waals surface area contributed by atoms with E-state index >= 15 is 0 Å². The highest BCUT2D eigenvalue weighted by Gasteiger charge is 2.11. The summed E-state index contributed by atoms with van der Waals surface area (Å²) in [5.41, 5.74) is 8.49. The Kier molecular flexibility index (Phi) is 7.75. The van der Waals surface area contributed by atoms with Gasteiger partial charge in [0.05, 0.1) is 0 Å². The van der Waals surface area contributed by atoms with E-state index in [9.17, 15) is 14.4 Å². The molecule has 28 heavy (non-hydrogen) atoms. The maximum Gasteiger partial charge on any atom is 0.276 e. The number of benzene rings is 2. The van der Waals surface area contributed by atoms with E-state index in [2.05, 4.69) is 17.8 Å². The molecular formula is C22H26N2O4. The second kappa shape index (κ2) is 10.3. The predicted octanol–water partition coefficient (Wildman–Crippen LogP) is 3.06. The number of aryl methyl sites for hydroxylation is 3. The van der Waals surface area contributed by atoms with Crippen LogP contribution in [-0.2, 0) is 16.0 Å². The molecule has 0 fully saturated rings. The molecule has 0 aliphatic rings. The Labute approximate surface area is 165 Å². The average Bonchev–Trinajstić information content (AvgIpc) is 2.71. The Balaban J connectivity index is 1.68. The molecule has 0 radical (unpaired) electrons. The first kappa shape index (κ1) is 21.2. The SMILES string of the molecule is CCc1ccc(OCC(=O)NNC(=O)CCC(=O)c2ccc(C)c(C)c2)cc1. The molecule has 0 atom stereocenters. The molecule has 0 spiro atoms. The Morgan fingerprint density at radius 2 is 1.54 bits per heavy atom. The molecule has 0 saturated heterocycles. The fraction of sp³-hybridized carbons (Fsp3) is 0.318. The molecule has 2 amide bonds. The Hall–Kier alpha value is -3.15. The lowest BCUT2D eigenvalue weighted by Crippen LogP contribution is -2.43. The molecule has 0 aliphatic carbocycles. The smallest absolute Gasteiger partial charge is 0.276 e. The highest BCUT2D eigenvalue weighted by atomic mass is 16.5. The van der Waals surface area contributed by atoms with Crippen LogP contribution in [0.1, 0.15) is 46.8 Å². The van der Waals surface area contributed by atoms with Gasteiger partial charge in [-0.1, -0.05) is 31.2 Å². The second-order valence-electron chi connectivity index (χ2n) is 6.60. The predicted molar refractivity (Wildman–Crippen MR) is 107 cm³/mol. The van der Waals surface area contributed by atoms with E-state index < -0.39 is 11.8 Å². The lowest BCUT2D eigenvalue weighted by Gasteiger charge is -2.09. The molecule has 2 N–H and O–H groups in total. The Morgan fingerprint density at radius 3 is 2.18 bits per heavy atom. The monoisotopic (exact) mass is 382 g/mol. The van der Waals surface area contributed by atoms with Gasteiger partial charge in [-0.05, 0) is 55.2 Å². The molecule has 2 aromatic rings. The Bertz CT molecular complexity index is 844. The maximum atomic E-state index is 12.2. The van der Waals surface area contributed by atoms with Crippen molar-refractivity contribution in [2.75, 3.05) is 6.61 Å². The van der Waals surface area contributed by atoms with Gasteiger partial charge in [-0.3, -0.25) is 25.2 Å². The molecule has 0 heterocycles. The van der Waals surface area contributed by atoms with Crippen molar-refractivity contribution in [3.63, 3.8) is 0 Å². The molecular weight excluding hydrogens is 356 g/mol. The summed E-state index contributed by atoms with van der Waals surface area (Å²) >= 11 is 0. The first-order valence-corrected chi connectivity index (χ1v) is 9.29. The van der Waals surface area contributed by atoms with Gasteiger partial charge in [0, 0.05) is 18.4 Å². The summed E-state index contributed by atoms with van der Waals surface area (Å²) in [6.07, 6.45) is 0.995. The first-order chi connectivity index (χ1) is 13.4. The van der Waals surface area contributed by atoms with E-state index in [1.165, 1.54) is 5.56 Å². The first-order valence-electron chi connectivity index (χ1n) is 9.29. The molecule has 6 nitrogen and oxygen atoms in total. The van der Waals surface area contributed by atoms with Crippen LogP contribution in [0.2, 0.25) is 0 Å². The lowest BCUT2D eigenvalue weighted by atomic mass is 10.0. The van der Waals surface area contributed by atoms with Crippen molar-refractivity contribution in [1.29, 1.82) is 0 Å². The number of hydrazine groups is 1. The third-order valence-electron chi connectivity index (χ3n) is 4.45. The van der Waals surface area contributed by atoms with Gasteiger partial charge in [-0.25, -0.2) is 0 Å². The zero-order valence-electron chi connectivity index (χ0n) is 16.5. The van der Waals surface area contributed by atoms with Crippen molar-refractivity contribution in [1.82, 2.24) is 10.9 Å². The fourth-order valence-electron chi connectivity index (χ4n) is 2.49. The number of Topliss-reactive ketones (excluding diaryl/α,β-unsaturated/α-hetero) is 1. The van der Waals surface area contributed by atoms with Crippen molar-refractivity contribution < 1.29 is 19.1 Å². The van der Waals surface area contributed by atoms with Crippen LogP contribution in [0.15, 0.2) is 42.5 Å². The number of carbonyl (C=O) groups is 3. The number of carbonyl (C=O) groups excluding carboxylic acids is 3. The number of ketones is 1. The largest absolute Gasteiger partial charge is 0.484 e. The van der Waals surface area contributed by atoms with E-state index in [4.69, 9.17) is 4.74 Å². The van der Waals surface area contributed by atoms with E-state index in [0.717, 1.165) is 17.5 Å². The number of hydrogen-bond acceptors (Lipinski definition) is 4. The van der Waals surface area contributed by atoms with Crippen LogP contribution < -0.4 is 15.6 Å². The molecule has 0 unspecified atom stereocenters. The minimum Gasteiger partial charge on any atom is -0.484 e. The van der Waals surface area contributed by atoms with E-state index in [1.807, 2.05) is 38.1 Å². The van der Waals surface area contributed by atoms with Gasteiger partial charge in [0.1, 0.15) is 5.75 Å². The number of nitrogens with one attached hydrogen (secondary N) is 2. The molecule has 0 aromatic heterocycles. The fourth-order valence-corrected chi connectivity index (χ4v) is 2.49. The molecule has 0 saturated carbocycles. The topological polar surface area (TPSA) is 84.5 Å². The van der Waals surface area contributed by atoms with Crippen LogP contribution in [0.4, 0.5) is 0 Å². The van der Waals surface area contributed by atoms with Crippen LogP contribution in [0.5, 0.6) is 5.75 Å². The number of amides is 2. The molecule has 2 rings (SSSR count). The summed E-state index contributed by atoms with van der Waals surface area (Å²) in [6.45, 7) is 5.76. The van der Waals surface area contributed by atoms with Crippen molar-refractivity contribution >= 4 is 17.6 Å². The van der Waals surface area contributed by atoms with Gasteiger partial charge in [0.25, 0.3) is 5.91 Å². The highest BCUT2D eigenvalue weighted by Crippen LogP contribution is 2.13. The Morgan fingerprint density at radius 1 is 0.857 bits per heavy atom. The van der Waals surface area contributed by atoms with Gasteiger partial charge in [-0.15, -0.1) is 0 Å².